The van der Waals surface area contributed by atoms with Crippen molar-refractivity contribution in [1.29, 1.82) is 0 Å². The SMILES string of the molecule is CC[Si](CC)(CC)O[C@H]1CC[C@@H]2[C@]1(C)CC=C1C=C3C(=O)CCC[C@]34CC[C@@]12O4. The average molecular weight is 415 g/mol. The predicted molar refractivity (Wildman–Crippen MR) is 118 cm³/mol. The summed E-state index contributed by atoms with van der Waals surface area (Å²) in [5, 5.41) is 0. The minimum Gasteiger partial charge on any atom is -0.413 e. The Morgan fingerprint density at radius 2 is 1.90 bits per heavy atom. The highest BCUT2D eigenvalue weighted by Crippen LogP contribution is 2.66. The fraction of sp³-hybridized carbons (Fsp3) is 0.800. The minimum absolute atomic E-state index is 0.164. The monoisotopic (exact) mass is 414 g/mol. The Kier molecular flexibility index (Phi) is 4.63. The third-order valence-corrected chi connectivity index (χ3v) is 14.4. The summed E-state index contributed by atoms with van der Waals surface area (Å²) in [5.41, 5.74) is 2.03. The molecule has 1 saturated heterocycles. The molecule has 0 aromatic rings. The molecule has 2 saturated carbocycles. The largest absolute Gasteiger partial charge is 0.413 e. The molecule has 3 fully saturated rings. The number of ketones is 1. The van der Waals surface area contributed by atoms with Crippen molar-refractivity contribution in [2.45, 2.75) is 114 Å². The molecule has 0 radical (unpaired) electrons. The van der Waals surface area contributed by atoms with Crippen LogP contribution < -0.4 is 0 Å². The van der Waals surface area contributed by atoms with Crippen LogP contribution in [-0.2, 0) is 14.0 Å². The van der Waals surface area contributed by atoms with Crippen LogP contribution in [0.25, 0.3) is 0 Å². The van der Waals surface area contributed by atoms with Crippen molar-refractivity contribution in [3.05, 3.63) is 23.3 Å². The van der Waals surface area contributed by atoms with Crippen molar-refractivity contribution in [3.63, 3.8) is 0 Å². The Labute approximate surface area is 177 Å². The van der Waals surface area contributed by atoms with Gasteiger partial charge in [0.1, 0.15) is 0 Å². The zero-order valence-electron chi connectivity index (χ0n) is 18.8. The molecule has 3 aliphatic carbocycles. The molecule has 2 aliphatic heterocycles. The maximum absolute atomic E-state index is 12.7. The number of allylic oxidation sites excluding steroid dienone is 1. The van der Waals surface area contributed by atoms with Crippen LogP contribution in [0.5, 0.6) is 0 Å². The number of rotatable bonds is 5. The summed E-state index contributed by atoms with van der Waals surface area (Å²) in [6.07, 6.45) is 13.3. The van der Waals surface area contributed by atoms with E-state index in [1.165, 1.54) is 36.5 Å². The molecule has 2 bridgehead atoms. The van der Waals surface area contributed by atoms with Crippen LogP contribution >= 0.6 is 0 Å². The highest BCUT2D eigenvalue weighted by molar-refractivity contribution is 6.73. The first-order valence-corrected chi connectivity index (χ1v) is 14.7. The van der Waals surface area contributed by atoms with Gasteiger partial charge in [0.25, 0.3) is 0 Å². The number of hydrogen-bond donors (Lipinski definition) is 0. The molecule has 5 atom stereocenters. The van der Waals surface area contributed by atoms with Crippen LogP contribution in [0.4, 0.5) is 0 Å². The molecule has 0 unspecified atom stereocenters. The molecule has 5 aliphatic rings. The summed E-state index contributed by atoms with van der Waals surface area (Å²) in [7, 11) is -1.63. The van der Waals surface area contributed by atoms with Gasteiger partial charge in [0.2, 0.25) is 0 Å². The van der Waals surface area contributed by atoms with E-state index in [0.29, 0.717) is 24.2 Å². The summed E-state index contributed by atoms with van der Waals surface area (Å²) in [4.78, 5) is 12.7. The second kappa shape index (κ2) is 6.64. The molecule has 4 heteroatoms. The molecule has 2 spiro atoms. The van der Waals surface area contributed by atoms with Crippen molar-refractivity contribution in [2.24, 2.45) is 11.3 Å². The molecular formula is C25H38O3Si. The first kappa shape index (κ1) is 20.2. The molecule has 0 aromatic carbocycles. The highest BCUT2D eigenvalue weighted by Gasteiger charge is 2.67. The first-order valence-electron chi connectivity index (χ1n) is 12.2. The van der Waals surface area contributed by atoms with E-state index in [9.17, 15) is 4.79 Å². The number of ether oxygens (including phenoxy) is 1. The van der Waals surface area contributed by atoms with E-state index in [1.54, 1.807) is 0 Å². The lowest BCUT2D eigenvalue weighted by Gasteiger charge is -2.54. The first-order chi connectivity index (χ1) is 13.9. The molecule has 160 valence electrons. The maximum Gasteiger partial charge on any atom is 0.192 e. The average Bonchev–Trinajstić information content (AvgIpc) is 3.22. The standard InChI is InChI=1S/C25H38O3Si/c1-5-29(6-2,7-3)27-22-11-10-21-23(22,4)14-12-18-17-19-20(26)9-8-13-24(19)15-16-25(18,21)28-24/h12,17,21-22H,5-11,13-16H2,1-4H3/t21-,22+,23+,24+,25-/m1/s1. The molecule has 5 rings (SSSR count). The van der Waals surface area contributed by atoms with E-state index in [1.807, 2.05) is 0 Å². The Bertz CT molecular complexity index is 773. The molecule has 0 aromatic heterocycles. The summed E-state index contributed by atoms with van der Waals surface area (Å²) in [6.45, 7) is 9.49. The molecule has 0 amide bonds. The van der Waals surface area contributed by atoms with E-state index in [2.05, 4.69) is 39.8 Å². The van der Waals surface area contributed by atoms with Crippen LogP contribution in [0.1, 0.15) is 79.1 Å². The van der Waals surface area contributed by atoms with Gasteiger partial charge in [-0.05, 0) is 74.7 Å². The van der Waals surface area contributed by atoms with E-state index in [0.717, 1.165) is 37.7 Å². The van der Waals surface area contributed by atoms with Crippen LogP contribution in [0.3, 0.4) is 0 Å². The van der Waals surface area contributed by atoms with Gasteiger partial charge in [-0.1, -0.05) is 33.8 Å². The third kappa shape index (κ3) is 2.58. The van der Waals surface area contributed by atoms with Gasteiger partial charge in [0, 0.05) is 23.3 Å². The van der Waals surface area contributed by atoms with Crippen molar-refractivity contribution < 1.29 is 14.0 Å². The van der Waals surface area contributed by atoms with Crippen LogP contribution in [0.15, 0.2) is 23.3 Å². The topological polar surface area (TPSA) is 35.5 Å². The van der Waals surface area contributed by atoms with Crippen molar-refractivity contribution >= 4 is 14.1 Å². The molecule has 29 heavy (non-hydrogen) atoms. The van der Waals surface area contributed by atoms with Crippen LogP contribution in [-0.4, -0.2) is 31.4 Å². The number of carbonyl (C=O) groups excluding carboxylic acids is 1. The zero-order chi connectivity index (χ0) is 20.5. The normalized spacial score (nSPS) is 43.4. The molecule has 3 nitrogen and oxygen atoms in total. The lowest BCUT2D eigenvalue weighted by atomic mass is 9.60. The Hall–Kier alpha value is -0.713. The van der Waals surface area contributed by atoms with Gasteiger partial charge in [-0.2, -0.15) is 0 Å². The lowest BCUT2D eigenvalue weighted by Crippen LogP contribution is -2.56. The fourth-order valence-electron chi connectivity index (χ4n) is 7.70. The van der Waals surface area contributed by atoms with Crippen LogP contribution in [0, 0.1) is 11.3 Å². The third-order valence-electron chi connectivity index (χ3n) is 9.74. The second-order valence-corrected chi connectivity index (χ2v) is 15.4. The number of hydrogen-bond acceptors (Lipinski definition) is 3. The molecule has 0 N–H and O–H groups in total. The number of carbonyl (C=O) groups is 1. The summed E-state index contributed by atoms with van der Waals surface area (Å²) in [6, 6.07) is 3.66. The van der Waals surface area contributed by atoms with Crippen molar-refractivity contribution in [3.8, 4) is 0 Å². The van der Waals surface area contributed by atoms with E-state index in [4.69, 9.17) is 9.16 Å². The predicted octanol–water partition coefficient (Wildman–Crippen LogP) is 6.10. The Morgan fingerprint density at radius 1 is 1.14 bits per heavy atom. The van der Waals surface area contributed by atoms with Gasteiger partial charge >= 0.3 is 0 Å². The number of fused-ring (bicyclic) bond motifs is 1. The lowest BCUT2D eigenvalue weighted by molar-refractivity contribution is -0.147. The molecule has 2 heterocycles. The summed E-state index contributed by atoms with van der Waals surface area (Å²) >= 11 is 0. The maximum atomic E-state index is 12.7. The van der Waals surface area contributed by atoms with Gasteiger partial charge in [0.15, 0.2) is 14.1 Å². The minimum atomic E-state index is -1.63. The van der Waals surface area contributed by atoms with Gasteiger partial charge in [-0.25, -0.2) is 0 Å². The van der Waals surface area contributed by atoms with E-state index in [-0.39, 0.29) is 16.6 Å². The summed E-state index contributed by atoms with van der Waals surface area (Å²) < 4.78 is 14.2. The number of Topliss-reactive ketones (excluding diaryl/α,β-unsaturated/α-hetero) is 1. The van der Waals surface area contributed by atoms with Gasteiger partial charge in [-0.3, -0.25) is 4.79 Å². The van der Waals surface area contributed by atoms with Crippen LogP contribution in [0.2, 0.25) is 18.1 Å². The Balaban J connectivity index is 1.51. The second-order valence-electron chi connectivity index (χ2n) is 10.7. The highest BCUT2D eigenvalue weighted by atomic mass is 28.4. The smallest absolute Gasteiger partial charge is 0.192 e. The molecular weight excluding hydrogens is 376 g/mol. The van der Waals surface area contributed by atoms with E-state index < -0.39 is 8.32 Å². The van der Waals surface area contributed by atoms with E-state index >= 15 is 0 Å². The van der Waals surface area contributed by atoms with Crippen molar-refractivity contribution in [2.75, 3.05) is 0 Å². The van der Waals surface area contributed by atoms with Crippen molar-refractivity contribution in [1.82, 2.24) is 0 Å². The zero-order valence-corrected chi connectivity index (χ0v) is 19.8. The van der Waals surface area contributed by atoms with Gasteiger partial charge in [0.05, 0.1) is 17.3 Å². The van der Waals surface area contributed by atoms with Gasteiger partial charge in [-0.15, -0.1) is 0 Å². The van der Waals surface area contributed by atoms with Gasteiger partial charge < -0.3 is 9.16 Å². The summed E-state index contributed by atoms with van der Waals surface area (Å²) in [5.74, 6) is 0.852. The Morgan fingerprint density at radius 3 is 2.62 bits per heavy atom. The quantitative estimate of drug-likeness (QED) is 0.510. The fourth-order valence-corrected chi connectivity index (χ4v) is 10.7.